The largest absolute Gasteiger partial charge is 0.328 e. The number of hydrogen-bond donors (Lipinski definition) is 0. The quantitative estimate of drug-likeness (QED) is 0.821. The third-order valence-electron chi connectivity index (χ3n) is 5.44. The Morgan fingerprint density at radius 1 is 1.11 bits per heavy atom. The maximum absolute atomic E-state index is 13.0. The molecule has 3 aliphatic heterocycles. The first kappa shape index (κ1) is 17.6. The molecule has 7 heteroatoms. The standard InChI is InChI=1S/C20H25N5O2/c1-5-11-23-18(26)16-17(22(4)20(23)27)21-19-24(16)12-13(3)25(19)15-9-7-14(6-2)8-10-15/h7-10,12,16-17H,5-6,11H2,1-4H3. The van der Waals surface area contributed by atoms with Gasteiger partial charge in [-0.25, -0.2) is 9.79 Å². The van der Waals surface area contributed by atoms with E-state index in [9.17, 15) is 9.59 Å². The summed E-state index contributed by atoms with van der Waals surface area (Å²) in [7, 11) is 1.72. The van der Waals surface area contributed by atoms with E-state index in [1.807, 2.05) is 29.8 Å². The first-order chi connectivity index (χ1) is 13.0. The van der Waals surface area contributed by atoms with E-state index in [0.29, 0.717) is 12.5 Å². The molecule has 0 radical (unpaired) electrons. The zero-order chi connectivity index (χ0) is 19.3. The summed E-state index contributed by atoms with van der Waals surface area (Å²) in [6.45, 7) is 6.53. The van der Waals surface area contributed by atoms with Gasteiger partial charge < -0.3 is 9.80 Å². The fourth-order valence-corrected chi connectivity index (χ4v) is 3.98. The first-order valence-electron chi connectivity index (χ1n) is 9.49. The van der Waals surface area contributed by atoms with Gasteiger partial charge in [0.15, 0.2) is 12.2 Å². The van der Waals surface area contributed by atoms with Gasteiger partial charge in [0.05, 0.1) is 0 Å². The summed E-state index contributed by atoms with van der Waals surface area (Å²) in [4.78, 5) is 37.3. The molecular weight excluding hydrogens is 342 g/mol. The van der Waals surface area contributed by atoms with Crippen LogP contribution in [0.2, 0.25) is 0 Å². The van der Waals surface area contributed by atoms with E-state index in [0.717, 1.165) is 24.2 Å². The lowest BCUT2D eigenvalue weighted by atomic mass is 10.1. The number of carbonyl (C=O) groups is 2. The van der Waals surface area contributed by atoms with Gasteiger partial charge in [0, 0.05) is 31.2 Å². The van der Waals surface area contributed by atoms with Crippen molar-refractivity contribution < 1.29 is 9.59 Å². The molecule has 3 heterocycles. The smallest absolute Gasteiger partial charge is 0.302 e. The van der Waals surface area contributed by atoms with Gasteiger partial charge in [-0.15, -0.1) is 0 Å². The SMILES string of the molecule is CCCN1C(=O)C2C(N=C3N(c4ccc(CC)cc4)C(C)=CN32)N(C)C1=O. The second-order valence-corrected chi connectivity index (χ2v) is 7.20. The summed E-state index contributed by atoms with van der Waals surface area (Å²) in [5.41, 5.74) is 3.28. The number of allylic oxidation sites excluding steroid dienone is 1. The molecule has 3 aliphatic rings. The lowest BCUT2D eigenvalue weighted by Crippen LogP contribution is -2.64. The molecule has 142 valence electrons. The molecule has 0 spiro atoms. The minimum Gasteiger partial charge on any atom is -0.302 e. The van der Waals surface area contributed by atoms with Gasteiger partial charge in [0.1, 0.15) is 0 Å². The Balaban J connectivity index is 1.70. The highest BCUT2D eigenvalue weighted by atomic mass is 16.2. The highest BCUT2D eigenvalue weighted by Crippen LogP contribution is 2.36. The summed E-state index contributed by atoms with van der Waals surface area (Å²) < 4.78 is 0. The van der Waals surface area contributed by atoms with Gasteiger partial charge in [-0.2, -0.15) is 0 Å². The van der Waals surface area contributed by atoms with Gasteiger partial charge in [-0.1, -0.05) is 26.0 Å². The van der Waals surface area contributed by atoms with E-state index in [4.69, 9.17) is 4.99 Å². The predicted molar refractivity (Wildman–Crippen MR) is 104 cm³/mol. The van der Waals surface area contributed by atoms with Crippen LogP contribution in [-0.4, -0.2) is 58.4 Å². The summed E-state index contributed by atoms with van der Waals surface area (Å²) >= 11 is 0. The summed E-state index contributed by atoms with van der Waals surface area (Å²) in [6, 6.07) is 7.60. The van der Waals surface area contributed by atoms with Crippen LogP contribution in [0, 0.1) is 0 Å². The van der Waals surface area contributed by atoms with Gasteiger partial charge in [-0.3, -0.25) is 14.6 Å². The molecule has 2 unspecified atom stereocenters. The number of amides is 3. The van der Waals surface area contributed by atoms with Crippen LogP contribution in [0.3, 0.4) is 0 Å². The number of hydrogen-bond acceptors (Lipinski definition) is 5. The van der Waals surface area contributed by atoms with E-state index in [-0.39, 0.29) is 11.9 Å². The number of carbonyl (C=O) groups excluding carboxylic acids is 2. The number of likely N-dealkylation sites (N-methyl/N-ethyl adjacent to an activating group) is 1. The number of aryl methyl sites for hydroxylation is 1. The number of aliphatic imine (C=N–C) groups is 1. The van der Waals surface area contributed by atoms with Crippen LogP contribution in [0.5, 0.6) is 0 Å². The molecule has 0 saturated carbocycles. The Kier molecular flexibility index (Phi) is 4.17. The number of fused-ring (bicyclic) bond motifs is 3. The molecule has 0 aromatic heterocycles. The highest BCUT2D eigenvalue weighted by Gasteiger charge is 2.54. The van der Waals surface area contributed by atoms with Crippen molar-refractivity contribution in [3.8, 4) is 0 Å². The van der Waals surface area contributed by atoms with Gasteiger partial charge in [-0.05, 0) is 37.5 Å². The molecule has 2 atom stereocenters. The number of anilines is 1. The van der Waals surface area contributed by atoms with Crippen LogP contribution in [0.15, 0.2) is 41.2 Å². The van der Waals surface area contributed by atoms with Crippen molar-refractivity contribution in [2.45, 2.75) is 45.8 Å². The Morgan fingerprint density at radius 3 is 2.44 bits per heavy atom. The lowest BCUT2D eigenvalue weighted by molar-refractivity contribution is -0.136. The fraction of sp³-hybridized carbons (Fsp3) is 0.450. The Morgan fingerprint density at radius 2 is 1.81 bits per heavy atom. The number of urea groups is 1. The van der Waals surface area contributed by atoms with Crippen molar-refractivity contribution in [3.05, 3.63) is 41.7 Å². The molecule has 1 fully saturated rings. The molecule has 1 saturated heterocycles. The Labute approximate surface area is 159 Å². The van der Waals surface area contributed by atoms with E-state index < -0.39 is 12.2 Å². The summed E-state index contributed by atoms with van der Waals surface area (Å²) in [6.07, 6.45) is 3.19. The lowest BCUT2D eigenvalue weighted by Gasteiger charge is -2.40. The minimum absolute atomic E-state index is 0.170. The topological polar surface area (TPSA) is 59.5 Å². The normalized spacial score (nSPS) is 24.3. The average Bonchev–Trinajstić information content (AvgIpc) is 3.18. The molecule has 27 heavy (non-hydrogen) atoms. The van der Waals surface area contributed by atoms with Gasteiger partial charge in [0.25, 0.3) is 5.91 Å². The molecule has 4 rings (SSSR count). The number of rotatable bonds is 4. The van der Waals surface area contributed by atoms with Crippen LogP contribution in [-0.2, 0) is 11.2 Å². The zero-order valence-corrected chi connectivity index (χ0v) is 16.2. The second-order valence-electron chi connectivity index (χ2n) is 7.20. The van der Waals surface area contributed by atoms with E-state index >= 15 is 0 Å². The van der Waals surface area contributed by atoms with Crippen molar-refractivity contribution in [2.24, 2.45) is 4.99 Å². The van der Waals surface area contributed by atoms with Crippen molar-refractivity contribution >= 4 is 23.6 Å². The molecule has 1 aromatic carbocycles. The minimum atomic E-state index is -0.496. The van der Waals surface area contributed by atoms with Crippen molar-refractivity contribution in [3.63, 3.8) is 0 Å². The first-order valence-corrected chi connectivity index (χ1v) is 9.49. The summed E-state index contributed by atoms with van der Waals surface area (Å²) in [5, 5.41) is 0. The maximum atomic E-state index is 13.0. The molecular formula is C20H25N5O2. The predicted octanol–water partition coefficient (Wildman–Crippen LogP) is 2.60. The maximum Gasteiger partial charge on any atom is 0.328 e. The number of imide groups is 1. The fourth-order valence-electron chi connectivity index (χ4n) is 3.98. The number of benzene rings is 1. The molecule has 0 bridgehead atoms. The van der Waals surface area contributed by atoms with Crippen LogP contribution >= 0.6 is 0 Å². The van der Waals surface area contributed by atoms with Crippen LogP contribution in [0.4, 0.5) is 10.5 Å². The highest BCUT2D eigenvalue weighted by molar-refractivity contribution is 6.09. The van der Waals surface area contributed by atoms with Gasteiger partial charge >= 0.3 is 6.03 Å². The molecule has 0 aliphatic carbocycles. The third kappa shape index (κ3) is 2.52. The van der Waals surface area contributed by atoms with Crippen LogP contribution in [0.1, 0.15) is 32.8 Å². The van der Waals surface area contributed by atoms with E-state index in [1.165, 1.54) is 10.5 Å². The Bertz CT molecular complexity index is 844. The van der Waals surface area contributed by atoms with E-state index in [1.54, 1.807) is 11.9 Å². The van der Waals surface area contributed by atoms with Crippen LogP contribution < -0.4 is 4.90 Å². The average molecular weight is 367 g/mol. The third-order valence-corrected chi connectivity index (χ3v) is 5.44. The second kappa shape index (κ2) is 6.40. The molecule has 1 aromatic rings. The molecule has 3 amide bonds. The van der Waals surface area contributed by atoms with Crippen molar-refractivity contribution in [1.82, 2.24) is 14.7 Å². The van der Waals surface area contributed by atoms with Gasteiger partial charge in [0.2, 0.25) is 5.96 Å². The summed E-state index contributed by atoms with van der Waals surface area (Å²) in [5.74, 6) is 0.536. The van der Waals surface area contributed by atoms with Crippen molar-refractivity contribution in [2.75, 3.05) is 18.5 Å². The van der Waals surface area contributed by atoms with Crippen molar-refractivity contribution in [1.29, 1.82) is 0 Å². The molecule has 7 nitrogen and oxygen atoms in total. The number of guanidine groups is 1. The van der Waals surface area contributed by atoms with Crippen LogP contribution in [0.25, 0.3) is 0 Å². The molecule has 0 N–H and O–H groups in total. The number of nitrogens with zero attached hydrogens (tertiary/aromatic N) is 5. The monoisotopic (exact) mass is 367 g/mol. The zero-order valence-electron chi connectivity index (χ0n) is 16.2. The Hall–Kier alpha value is -2.83. The van der Waals surface area contributed by atoms with E-state index in [2.05, 4.69) is 31.2 Å².